The molecule has 0 bridgehead atoms. The van der Waals surface area contributed by atoms with Crippen LogP contribution < -0.4 is 0 Å². The maximum absolute atomic E-state index is 9.90. The monoisotopic (exact) mass is 268 g/mol. The summed E-state index contributed by atoms with van der Waals surface area (Å²) in [7, 11) is -2.50. The smallest absolute Gasteiger partial charge is 0.458 e. The molecule has 0 amide bonds. The molecule has 0 aliphatic rings. The van der Waals surface area contributed by atoms with Crippen LogP contribution in [0.15, 0.2) is 0 Å². The number of rotatable bonds is 7. The third-order valence-electron chi connectivity index (χ3n) is 2.24. The number of hydrogen-bond acceptors (Lipinski definition) is 4. The molecule has 0 fully saturated rings. The van der Waals surface area contributed by atoms with Crippen LogP contribution in [0, 0.1) is 0 Å². The van der Waals surface area contributed by atoms with Crippen molar-refractivity contribution in [2.24, 2.45) is 0 Å². The Balaban J connectivity index is 4.12. The first-order valence-corrected chi connectivity index (χ1v) is 13.1. The maximum Gasteiger partial charge on any atom is 0.497 e. The normalized spacial score (nSPS) is 13.6. The van der Waals surface area contributed by atoms with E-state index in [2.05, 4.69) is 26.2 Å². The van der Waals surface area contributed by atoms with E-state index >= 15 is 0 Å². The number of hydrogen-bond donors (Lipinski definition) is 1. The van der Waals surface area contributed by atoms with Gasteiger partial charge in [-0.3, -0.25) is 0 Å². The van der Waals surface area contributed by atoms with E-state index in [4.69, 9.17) is 13.0 Å². The second-order valence-corrected chi connectivity index (χ2v) is 14.3. The third kappa shape index (κ3) is 6.61. The summed E-state index contributed by atoms with van der Waals surface area (Å²) in [5.41, 5.74) is 0. The Hall–Kier alpha value is 0.491. The van der Waals surface area contributed by atoms with Crippen molar-refractivity contribution >= 4 is 26.2 Å². The highest BCUT2D eigenvalue weighted by molar-refractivity contribution is 6.79. The fraction of sp³-hybridized carbons (Fsp3) is 1.00. The molecule has 0 spiro atoms. The average Bonchev–Trinajstić information content (AvgIpc) is 2.12. The van der Waals surface area contributed by atoms with Crippen molar-refractivity contribution in [1.82, 2.24) is 0 Å². The van der Waals surface area contributed by atoms with Gasteiger partial charge >= 0.3 is 8.80 Å². The second kappa shape index (κ2) is 6.28. The van der Waals surface area contributed by atoms with Crippen molar-refractivity contribution in [3.63, 3.8) is 0 Å². The maximum atomic E-state index is 9.90. The summed E-state index contributed by atoms with van der Waals surface area (Å²) < 4.78 is 16.1. The minimum Gasteiger partial charge on any atom is -0.458 e. The lowest BCUT2D eigenvalue weighted by molar-refractivity contribution is 0.152. The molecule has 0 saturated heterocycles. The van der Waals surface area contributed by atoms with E-state index < -0.39 is 26.2 Å². The van der Waals surface area contributed by atoms with Crippen LogP contribution >= 0.6 is 0 Å². The zero-order valence-corrected chi connectivity index (χ0v) is 13.8. The first kappa shape index (κ1) is 15.5. The van der Waals surface area contributed by atoms with E-state index in [1.54, 1.807) is 0 Å². The average molecular weight is 269 g/mol. The van der Waals surface area contributed by atoms with Gasteiger partial charge in [0.1, 0.15) is 0 Å². The molecule has 0 aromatic carbocycles. The van der Waals surface area contributed by atoms with Gasteiger partial charge < -0.3 is 17.8 Å². The lowest BCUT2D eigenvalue weighted by Gasteiger charge is -2.28. The second-order valence-electron chi connectivity index (χ2n) is 4.55. The molecule has 0 saturated carbocycles. The summed E-state index contributed by atoms with van der Waals surface area (Å²) in [6.45, 7) is 8.70. The molecule has 0 unspecified atom stereocenters. The van der Waals surface area contributed by atoms with Gasteiger partial charge in [0.15, 0.2) is 17.4 Å². The highest BCUT2D eigenvalue weighted by atomic mass is 28.4. The first-order chi connectivity index (χ1) is 6.74. The van der Waals surface area contributed by atoms with Crippen LogP contribution in [0.1, 0.15) is 0 Å². The Bertz CT molecular complexity index is 183. The van der Waals surface area contributed by atoms with Crippen LogP contribution in [-0.2, 0) is 13.0 Å². The fourth-order valence-corrected chi connectivity index (χ4v) is 11.3. The molecular weight excluding hydrogens is 244 g/mol. The van der Waals surface area contributed by atoms with Crippen LogP contribution in [0.4, 0.5) is 0 Å². The zero-order valence-electron chi connectivity index (χ0n) is 10.7. The van der Waals surface area contributed by atoms with Crippen LogP contribution in [0.5, 0.6) is 0 Å². The van der Waals surface area contributed by atoms with Crippen LogP contribution in [-0.4, -0.2) is 45.2 Å². The van der Waals surface area contributed by atoms with E-state index in [0.29, 0.717) is 6.04 Å². The van der Waals surface area contributed by atoms with Gasteiger partial charge in [0, 0.05) is 20.3 Å². The van der Waals surface area contributed by atoms with Crippen molar-refractivity contribution in [1.29, 1.82) is 0 Å². The predicted molar refractivity (Wildman–Crippen MR) is 69.0 cm³/mol. The molecule has 7 heteroatoms. The molecule has 0 aliphatic heterocycles. The largest absolute Gasteiger partial charge is 0.497 e. The van der Waals surface area contributed by atoms with Gasteiger partial charge in [-0.05, 0) is 32.2 Å². The van der Waals surface area contributed by atoms with Crippen molar-refractivity contribution in [2.45, 2.75) is 38.3 Å². The molecule has 0 radical (unpaired) electrons. The molecule has 0 atom stereocenters. The molecule has 1 N–H and O–H groups in total. The summed E-state index contributed by atoms with van der Waals surface area (Å²) in [6.07, 6.45) is 0. The van der Waals surface area contributed by atoms with Gasteiger partial charge in [0.05, 0.1) is 0 Å². The van der Waals surface area contributed by atoms with E-state index in [-0.39, 0.29) is 0 Å². The predicted octanol–water partition coefficient (Wildman–Crippen LogP) is 1.42. The van der Waals surface area contributed by atoms with Gasteiger partial charge in [0.25, 0.3) is 0 Å². The molecule has 4 nitrogen and oxygen atoms in total. The Morgan fingerprint density at radius 1 is 1.07 bits per heavy atom. The fourth-order valence-electron chi connectivity index (χ4n) is 1.44. The van der Waals surface area contributed by atoms with E-state index in [1.165, 1.54) is 14.2 Å². The summed E-state index contributed by atoms with van der Waals surface area (Å²) in [6, 6.07) is 1.49. The lowest BCUT2D eigenvalue weighted by Crippen LogP contribution is -2.44. The molecule has 0 aromatic rings. The van der Waals surface area contributed by atoms with Gasteiger partial charge in [0.2, 0.25) is 0 Å². The summed E-state index contributed by atoms with van der Waals surface area (Å²) in [4.78, 5) is 9.90. The van der Waals surface area contributed by atoms with Crippen LogP contribution in [0.3, 0.4) is 0 Å². The van der Waals surface area contributed by atoms with Gasteiger partial charge in [-0.2, -0.15) is 0 Å². The molecule has 0 heterocycles. The van der Waals surface area contributed by atoms with Gasteiger partial charge in [-0.1, -0.05) is 0 Å². The van der Waals surface area contributed by atoms with E-state index in [9.17, 15) is 4.80 Å². The van der Waals surface area contributed by atoms with Crippen molar-refractivity contribution in [3.05, 3.63) is 0 Å². The summed E-state index contributed by atoms with van der Waals surface area (Å²) >= 11 is 0. The Labute approximate surface area is 96.8 Å². The lowest BCUT2D eigenvalue weighted by atomic mass is 10.9. The molecule has 92 valence electrons. The highest BCUT2D eigenvalue weighted by Gasteiger charge is 2.37. The minimum absolute atomic E-state index is 0.598. The van der Waals surface area contributed by atoms with Crippen LogP contribution in [0.2, 0.25) is 38.3 Å². The van der Waals surface area contributed by atoms with E-state index in [0.717, 1.165) is 6.04 Å². The molecular formula is C8H24O4Si3. The van der Waals surface area contributed by atoms with Crippen LogP contribution in [0.25, 0.3) is 0 Å². The van der Waals surface area contributed by atoms with E-state index in [1.807, 2.05) is 0 Å². The van der Waals surface area contributed by atoms with Gasteiger partial charge in [-0.25, -0.2) is 0 Å². The SMILES string of the molecule is CO[Si](O)(CC[Si](C)(C)O[SiH](C)C)OC. The molecule has 0 aromatic heterocycles. The summed E-state index contributed by atoms with van der Waals surface area (Å²) in [5.74, 6) is 0. The topological polar surface area (TPSA) is 47.9 Å². The zero-order chi connectivity index (χ0) is 12.1. The Morgan fingerprint density at radius 2 is 1.53 bits per heavy atom. The summed E-state index contributed by atoms with van der Waals surface area (Å²) in [5, 5.41) is 0. The van der Waals surface area contributed by atoms with Crippen molar-refractivity contribution in [3.8, 4) is 0 Å². The molecule has 0 aliphatic carbocycles. The first-order valence-electron chi connectivity index (χ1n) is 5.25. The Kier molecular flexibility index (Phi) is 6.49. The minimum atomic E-state index is -2.89. The molecule has 0 rings (SSSR count). The quantitative estimate of drug-likeness (QED) is 0.710. The highest BCUT2D eigenvalue weighted by Crippen LogP contribution is 2.21. The standard InChI is InChI=1S/C8H24O4Si3/c1-10-15(9,11-2)8-7-14(5,6)12-13(3)4/h9,13H,7-8H2,1-6H3. The van der Waals surface area contributed by atoms with Crippen molar-refractivity contribution in [2.75, 3.05) is 14.2 Å². The Morgan fingerprint density at radius 3 is 1.87 bits per heavy atom. The van der Waals surface area contributed by atoms with Gasteiger partial charge in [-0.15, -0.1) is 0 Å². The molecule has 15 heavy (non-hydrogen) atoms. The van der Waals surface area contributed by atoms with Crippen molar-refractivity contribution < 1.29 is 17.8 Å². The third-order valence-corrected chi connectivity index (χ3v) is 10.8.